The first-order valence-corrected chi connectivity index (χ1v) is 14.4. The lowest BCUT2D eigenvalue weighted by Gasteiger charge is -2.32. The molecule has 0 heterocycles. The van der Waals surface area contributed by atoms with E-state index in [2.05, 4.69) is 20.9 Å². The molecule has 0 aliphatic rings. The molecule has 1 aromatic carbocycles. The van der Waals surface area contributed by atoms with Crippen LogP contribution in [0.1, 0.15) is 44.1 Å². The summed E-state index contributed by atoms with van der Waals surface area (Å²) in [4.78, 5) is 68.9. The van der Waals surface area contributed by atoms with Gasteiger partial charge in [0.1, 0.15) is 30.2 Å². The van der Waals surface area contributed by atoms with Gasteiger partial charge in [0.2, 0.25) is 29.5 Å². The first kappa shape index (κ1) is 38.5. The summed E-state index contributed by atoms with van der Waals surface area (Å²) in [6, 6.07) is 1.44. The molecule has 18 nitrogen and oxygen atoms in total. The molecule has 5 amide bonds. The van der Waals surface area contributed by atoms with Gasteiger partial charge in [0, 0.05) is 26.4 Å². The van der Waals surface area contributed by atoms with Gasteiger partial charge in [-0.3, -0.25) is 34.3 Å². The molecule has 18 N–H and O–H groups in total. The monoisotopic (exact) mass is 636 g/mol. The van der Waals surface area contributed by atoms with E-state index in [-0.39, 0.29) is 50.4 Å². The van der Waals surface area contributed by atoms with E-state index in [9.17, 15) is 29.1 Å². The first-order chi connectivity index (χ1) is 21.1. The van der Waals surface area contributed by atoms with Crippen LogP contribution in [0.25, 0.3) is 0 Å². The Morgan fingerprint density at radius 3 is 2.04 bits per heavy atom. The zero-order valence-corrected chi connectivity index (χ0v) is 25.5. The fourth-order valence-electron chi connectivity index (χ4n) is 4.30. The van der Waals surface area contributed by atoms with Crippen molar-refractivity contribution in [1.29, 1.82) is 0 Å². The Kier molecular flexibility index (Phi) is 16.9. The number of nitrogens with one attached hydrogen (secondary N) is 3. The van der Waals surface area contributed by atoms with Crippen molar-refractivity contribution in [2.24, 2.45) is 45.1 Å². The third kappa shape index (κ3) is 15.2. The topological polar surface area (TPSA) is 339 Å². The molecular weight excluding hydrogens is 588 g/mol. The van der Waals surface area contributed by atoms with Crippen molar-refractivity contribution in [2.45, 2.75) is 75.4 Å². The summed E-state index contributed by atoms with van der Waals surface area (Å²) in [5.41, 5.74) is 39.1. The fraction of sp³-hybridized carbons (Fsp3) is 0.556. The number of hydrogen-bond acceptors (Lipinski definition) is 11. The molecule has 0 bridgehead atoms. The number of rotatable bonds is 21. The minimum Gasteiger partial charge on any atom is -0.508 e. The number of phenolic OH excluding ortho intramolecular Hbond substituents is 1. The summed E-state index contributed by atoms with van der Waals surface area (Å²) in [7, 11) is 1.35. The predicted molar refractivity (Wildman–Crippen MR) is 167 cm³/mol. The van der Waals surface area contributed by atoms with E-state index in [1.165, 1.54) is 19.2 Å². The zero-order chi connectivity index (χ0) is 34.1. The number of nitrogens with two attached hydrogens (primary N) is 7. The SMILES string of the molecule is CN(C(=O)C(CCC(N)=O)NC(=O)C(N)CCCN=C(N)N)C(CCCNC(N)N)C(=O)NC(Cc1ccc(O)cc1)C(N)=O. The first-order valence-electron chi connectivity index (χ1n) is 14.4. The highest BCUT2D eigenvalue weighted by Crippen LogP contribution is 2.14. The van der Waals surface area contributed by atoms with Gasteiger partial charge in [-0.05, 0) is 56.3 Å². The molecule has 0 spiro atoms. The minimum atomic E-state index is -1.26. The lowest BCUT2D eigenvalue weighted by molar-refractivity contribution is -0.143. The molecule has 45 heavy (non-hydrogen) atoms. The lowest BCUT2D eigenvalue weighted by Crippen LogP contribution is -2.58. The van der Waals surface area contributed by atoms with Crippen LogP contribution in [0.4, 0.5) is 0 Å². The minimum absolute atomic E-state index is 0.0215. The largest absolute Gasteiger partial charge is 0.508 e. The van der Waals surface area contributed by atoms with Crippen LogP contribution < -0.4 is 56.1 Å². The van der Waals surface area contributed by atoms with Gasteiger partial charge >= 0.3 is 0 Å². The van der Waals surface area contributed by atoms with E-state index in [1.54, 1.807) is 12.1 Å². The van der Waals surface area contributed by atoms with Crippen LogP contribution in [0.3, 0.4) is 0 Å². The number of aliphatic imine (C=N–C) groups is 1. The third-order valence-electron chi connectivity index (χ3n) is 6.79. The second-order valence-electron chi connectivity index (χ2n) is 10.5. The van der Waals surface area contributed by atoms with E-state index < -0.39 is 60.0 Å². The van der Waals surface area contributed by atoms with Crippen molar-refractivity contribution in [3.8, 4) is 5.75 Å². The number of amides is 5. The van der Waals surface area contributed by atoms with Gasteiger partial charge in [0.25, 0.3) is 0 Å². The quantitative estimate of drug-likeness (QED) is 0.0263. The van der Waals surface area contributed by atoms with Crippen molar-refractivity contribution in [3.63, 3.8) is 0 Å². The number of guanidine groups is 1. The Morgan fingerprint density at radius 1 is 0.867 bits per heavy atom. The Labute approximate surface area is 261 Å². The lowest BCUT2D eigenvalue weighted by atomic mass is 10.0. The van der Waals surface area contributed by atoms with Gasteiger partial charge in [0.15, 0.2) is 5.96 Å². The molecule has 0 aliphatic heterocycles. The van der Waals surface area contributed by atoms with Crippen LogP contribution in [0.2, 0.25) is 0 Å². The average molecular weight is 637 g/mol. The van der Waals surface area contributed by atoms with Crippen LogP contribution in [-0.4, -0.2) is 96.1 Å². The van der Waals surface area contributed by atoms with E-state index >= 15 is 0 Å². The summed E-state index contributed by atoms with van der Waals surface area (Å²) in [5, 5.41) is 17.5. The molecule has 4 atom stereocenters. The molecule has 1 rings (SSSR count). The molecule has 1 aromatic rings. The maximum absolute atomic E-state index is 13.7. The summed E-state index contributed by atoms with van der Waals surface area (Å²) in [5.74, 6) is -3.66. The zero-order valence-electron chi connectivity index (χ0n) is 25.5. The van der Waals surface area contributed by atoms with Crippen molar-refractivity contribution < 1.29 is 29.1 Å². The Hall–Kier alpha value is -4.52. The van der Waals surface area contributed by atoms with E-state index in [0.29, 0.717) is 24.9 Å². The Balaban J connectivity index is 3.17. The Bertz CT molecular complexity index is 1160. The van der Waals surface area contributed by atoms with Gasteiger partial charge in [-0.2, -0.15) is 0 Å². The van der Waals surface area contributed by atoms with Crippen molar-refractivity contribution in [1.82, 2.24) is 20.9 Å². The van der Waals surface area contributed by atoms with Crippen molar-refractivity contribution in [2.75, 3.05) is 20.1 Å². The maximum Gasteiger partial charge on any atom is 0.245 e. The number of benzene rings is 1. The molecule has 4 unspecified atom stereocenters. The number of primary amides is 2. The molecule has 0 radical (unpaired) electrons. The van der Waals surface area contributed by atoms with Crippen LogP contribution in [-0.2, 0) is 30.4 Å². The third-order valence-corrected chi connectivity index (χ3v) is 6.79. The number of likely N-dealkylation sites (N-methyl/N-ethyl adjacent to an activating group) is 1. The van der Waals surface area contributed by atoms with Gasteiger partial charge < -0.3 is 60.8 Å². The molecule has 0 aliphatic carbocycles. The van der Waals surface area contributed by atoms with E-state index in [0.717, 1.165) is 4.90 Å². The van der Waals surface area contributed by atoms with Gasteiger partial charge in [-0.1, -0.05) is 12.1 Å². The highest BCUT2D eigenvalue weighted by Gasteiger charge is 2.34. The second-order valence-corrected chi connectivity index (χ2v) is 10.5. The summed E-state index contributed by atoms with van der Waals surface area (Å²) in [6.07, 6.45) is -0.167. The molecule has 0 saturated carbocycles. The number of nitrogens with zero attached hydrogens (tertiary/aromatic N) is 2. The van der Waals surface area contributed by atoms with Gasteiger partial charge in [-0.25, -0.2) is 0 Å². The fourth-order valence-corrected chi connectivity index (χ4v) is 4.30. The molecule has 252 valence electrons. The van der Waals surface area contributed by atoms with E-state index in [4.69, 9.17) is 40.1 Å². The van der Waals surface area contributed by atoms with Crippen molar-refractivity contribution >= 4 is 35.5 Å². The molecule has 0 saturated heterocycles. The second kappa shape index (κ2) is 19.7. The molecule has 0 aromatic heterocycles. The Morgan fingerprint density at radius 2 is 1.49 bits per heavy atom. The summed E-state index contributed by atoms with van der Waals surface area (Å²) in [6.45, 7) is 0.544. The van der Waals surface area contributed by atoms with Crippen LogP contribution in [0.5, 0.6) is 5.75 Å². The van der Waals surface area contributed by atoms with Crippen LogP contribution >= 0.6 is 0 Å². The average Bonchev–Trinajstić information content (AvgIpc) is 2.96. The molecular formula is C27H48N12O6. The van der Waals surface area contributed by atoms with Gasteiger partial charge in [0.05, 0.1) is 6.04 Å². The number of hydrogen-bond donors (Lipinski definition) is 11. The number of carbonyl (C=O) groups excluding carboxylic acids is 5. The maximum atomic E-state index is 13.7. The highest BCUT2D eigenvalue weighted by atomic mass is 16.3. The summed E-state index contributed by atoms with van der Waals surface area (Å²) < 4.78 is 0. The summed E-state index contributed by atoms with van der Waals surface area (Å²) >= 11 is 0. The molecule has 18 heteroatoms. The predicted octanol–water partition coefficient (Wildman–Crippen LogP) is -4.57. The van der Waals surface area contributed by atoms with Crippen LogP contribution in [0.15, 0.2) is 29.3 Å². The number of carbonyl (C=O) groups is 5. The number of aromatic hydroxyl groups is 1. The van der Waals surface area contributed by atoms with Crippen LogP contribution in [0, 0.1) is 0 Å². The standard InChI is InChI=1S/C27H48N12O6/c1-39(25(45)18(10-11-21(29)41)37-23(43)17(28)4-2-12-35-26(31)32)20(5-3-13-36-27(33)34)24(44)38-19(22(30)42)14-15-6-8-16(40)9-7-15/h6-9,17-20,27,36,40H,2-5,10-14,28,33-34H2,1H3,(H2,29,41)(H2,30,42)(H,37,43)(H,38,44)(H4,31,32,35). The van der Waals surface area contributed by atoms with Gasteiger partial charge in [-0.15, -0.1) is 0 Å². The smallest absolute Gasteiger partial charge is 0.245 e. The van der Waals surface area contributed by atoms with E-state index in [1.807, 2.05) is 0 Å². The highest BCUT2D eigenvalue weighted by molar-refractivity contribution is 5.94. The number of phenols is 1. The van der Waals surface area contributed by atoms with Crippen molar-refractivity contribution in [3.05, 3.63) is 29.8 Å². The normalized spacial score (nSPS) is 13.6. The molecule has 0 fully saturated rings.